The van der Waals surface area contributed by atoms with Crippen LogP contribution in [0.5, 0.6) is 0 Å². The molecule has 1 saturated heterocycles. The molecule has 3 rings (SSSR count). The molecule has 1 aliphatic heterocycles. The molecule has 1 amide bonds. The van der Waals surface area contributed by atoms with Crippen LogP contribution in [0, 0.1) is 0 Å². The Bertz CT molecular complexity index is 875. The number of nitrogens with one attached hydrogen (secondary N) is 1. The summed E-state index contributed by atoms with van der Waals surface area (Å²) in [4.78, 5) is 17.3. The van der Waals surface area contributed by atoms with E-state index in [1.54, 1.807) is 49.8 Å². The molecule has 0 spiro atoms. The number of anilines is 1. The van der Waals surface area contributed by atoms with E-state index in [-0.39, 0.29) is 29.3 Å². The highest BCUT2D eigenvalue weighted by atomic mass is 35.5. The lowest BCUT2D eigenvalue weighted by molar-refractivity contribution is -0.116. The first-order valence-corrected chi connectivity index (χ1v) is 9.82. The Morgan fingerprint density at radius 1 is 1.26 bits per heavy atom. The summed E-state index contributed by atoms with van der Waals surface area (Å²) >= 11 is 0. The van der Waals surface area contributed by atoms with Gasteiger partial charge in [-0.25, -0.2) is 8.42 Å². The van der Waals surface area contributed by atoms with E-state index in [0.717, 1.165) is 5.56 Å². The van der Waals surface area contributed by atoms with Crippen LogP contribution < -0.4 is 10.2 Å². The van der Waals surface area contributed by atoms with Gasteiger partial charge in [0, 0.05) is 51.7 Å². The van der Waals surface area contributed by atoms with Gasteiger partial charge in [-0.05, 0) is 35.9 Å². The molecule has 0 bridgehead atoms. The zero-order valence-corrected chi connectivity index (χ0v) is 16.8. The van der Waals surface area contributed by atoms with Crippen molar-refractivity contribution in [2.24, 2.45) is 0 Å². The van der Waals surface area contributed by atoms with Crippen LogP contribution in [0.15, 0.2) is 53.7 Å². The van der Waals surface area contributed by atoms with Crippen molar-refractivity contribution in [3.8, 4) is 0 Å². The summed E-state index contributed by atoms with van der Waals surface area (Å²) in [5.41, 5.74) is 1.51. The number of sulfonamides is 1. The van der Waals surface area contributed by atoms with Crippen LogP contribution in [0.4, 0.5) is 5.69 Å². The maximum atomic E-state index is 13.2. The zero-order chi connectivity index (χ0) is 18.7. The minimum atomic E-state index is -3.66. The summed E-state index contributed by atoms with van der Waals surface area (Å²) in [5.74, 6) is -0.112. The standard InChI is InChI=1S/C18H22N4O3S.ClH/c1-14(23)21(2)16-5-7-17(8-6-16)26(24,25)22-11-10-20-13-18(22)15-4-3-9-19-12-15;/h3-9,12,18,20H,10-11,13H2,1-2H3;1H. The van der Waals surface area contributed by atoms with Gasteiger partial charge < -0.3 is 10.2 Å². The number of hydrogen-bond donors (Lipinski definition) is 1. The predicted octanol–water partition coefficient (Wildman–Crippen LogP) is 1.82. The number of pyridine rings is 1. The third-order valence-electron chi connectivity index (χ3n) is 4.57. The second kappa shape index (κ2) is 8.79. The van der Waals surface area contributed by atoms with Gasteiger partial charge in [0.05, 0.1) is 10.9 Å². The Labute approximate surface area is 165 Å². The average Bonchev–Trinajstić information content (AvgIpc) is 2.68. The van der Waals surface area contributed by atoms with Crippen LogP contribution in [0.2, 0.25) is 0 Å². The fraction of sp³-hybridized carbons (Fsp3) is 0.333. The number of nitrogens with zero attached hydrogens (tertiary/aromatic N) is 3. The van der Waals surface area contributed by atoms with E-state index in [4.69, 9.17) is 0 Å². The molecule has 27 heavy (non-hydrogen) atoms. The molecule has 1 fully saturated rings. The second-order valence-corrected chi connectivity index (χ2v) is 8.08. The summed E-state index contributed by atoms with van der Waals surface area (Å²) in [7, 11) is -2.01. The Morgan fingerprint density at radius 2 is 1.96 bits per heavy atom. The predicted molar refractivity (Wildman–Crippen MR) is 107 cm³/mol. The molecule has 1 aromatic heterocycles. The van der Waals surface area contributed by atoms with E-state index in [1.807, 2.05) is 6.07 Å². The number of amides is 1. The highest BCUT2D eigenvalue weighted by Gasteiger charge is 2.34. The van der Waals surface area contributed by atoms with Crippen LogP contribution in [0.3, 0.4) is 0 Å². The Balaban J connectivity index is 0.00000261. The van der Waals surface area contributed by atoms with Gasteiger partial charge in [-0.2, -0.15) is 4.31 Å². The first kappa shape index (κ1) is 21.3. The quantitative estimate of drug-likeness (QED) is 0.831. The minimum Gasteiger partial charge on any atom is -0.316 e. The molecular formula is C18H23ClN4O3S. The van der Waals surface area contributed by atoms with E-state index in [1.165, 1.54) is 16.1 Å². The molecule has 1 aliphatic rings. The molecule has 9 heteroatoms. The molecule has 2 aromatic rings. The number of carbonyl (C=O) groups excluding carboxylic acids is 1. The lowest BCUT2D eigenvalue weighted by atomic mass is 10.1. The van der Waals surface area contributed by atoms with Gasteiger partial charge in [0.2, 0.25) is 15.9 Å². The van der Waals surface area contributed by atoms with Crippen molar-refractivity contribution in [1.82, 2.24) is 14.6 Å². The van der Waals surface area contributed by atoms with Crippen LogP contribution in [-0.2, 0) is 14.8 Å². The highest BCUT2D eigenvalue weighted by molar-refractivity contribution is 7.89. The smallest absolute Gasteiger partial charge is 0.243 e. The van der Waals surface area contributed by atoms with Crippen molar-refractivity contribution in [3.05, 3.63) is 54.4 Å². The number of halogens is 1. The van der Waals surface area contributed by atoms with Crippen LogP contribution in [0.25, 0.3) is 0 Å². The molecule has 1 N–H and O–H groups in total. The molecule has 146 valence electrons. The lowest BCUT2D eigenvalue weighted by Crippen LogP contribution is -2.48. The van der Waals surface area contributed by atoms with E-state index >= 15 is 0 Å². The molecule has 0 radical (unpaired) electrons. The molecule has 1 atom stereocenters. The molecule has 7 nitrogen and oxygen atoms in total. The second-order valence-electron chi connectivity index (χ2n) is 6.19. The maximum Gasteiger partial charge on any atom is 0.243 e. The lowest BCUT2D eigenvalue weighted by Gasteiger charge is -2.35. The average molecular weight is 411 g/mol. The van der Waals surface area contributed by atoms with Gasteiger partial charge in [-0.15, -0.1) is 12.4 Å². The number of carbonyl (C=O) groups is 1. The summed E-state index contributed by atoms with van der Waals surface area (Å²) in [6.45, 7) is 2.98. The van der Waals surface area contributed by atoms with E-state index in [0.29, 0.717) is 25.3 Å². The largest absolute Gasteiger partial charge is 0.316 e. The summed E-state index contributed by atoms with van der Waals surface area (Å²) in [6, 6.07) is 9.78. The minimum absolute atomic E-state index is 0. The van der Waals surface area contributed by atoms with Crippen molar-refractivity contribution in [2.45, 2.75) is 17.9 Å². The number of rotatable bonds is 4. The van der Waals surface area contributed by atoms with Gasteiger partial charge >= 0.3 is 0 Å². The van der Waals surface area contributed by atoms with E-state index < -0.39 is 10.0 Å². The van der Waals surface area contributed by atoms with Crippen molar-refractivity contribution in [1.29, 1.82) is 0 Å². The van der Waals surface area contributed by atoms with Crippen molar-refractivity contribution in [2.75, 3.05) is 31.6 Å². The van der Waals surface area contributed by atoms with Gasteiger partial charge in [0.25, 0.3) is 0 Å². The normalized spacial score (nSPS) is 17.8. The van der Waals surface area contributed by atoms with Crippen molar-refractivity contribution < 1.29 is 13.2 Å². The molecular weight excluding hydrogens is 388 g/mol. The molecule has 2 heterocycles. The molecule has 0 saturated carbocycles. The van der Waals surface area contributed by atoms with Crippen LogP contribution >= 0.6 is 12.4 Å². The molecule has 1 unspecified atom stereocenters. The van der Waals surface area contributed by atoms with E-state index in [2.05, 4.69) is 10.3 Å². The van der Waals surface area contributed by atoms with Gasteiger partial charge in [-0.1, -0.05) is 6.07 Å². The van der Waals surface area contributed by atoms with Gasteiger partial charge in [0.1, 0.15) is 0 Å². The fourth-order valence-corrected chi connectivity index (χ4v) is 4.60. The molecule has 1 aromatic carbocycles. The number of benzene rings is 1. The first-order valence-electron chi connectivity index (χ1n) is 8.38. The Hall–Kier alpha value is -2.00. The third kappa shape index (κ3) is 4.47. The third-order valence-corrected chi connectivity index (χ3v) is 6.49. The monoisotopic (exact) mass is 410 g/mol. The van der Waals surface area contributed by atoms with Gasteiger partial charge in [0.15, 0.2) is 0 Å². The SMILES string of the molecule is CC(=O)N(C)c1ccc(S(=O)(=O)N2CCNCC2c2cccnc2)cc1.Cl. The number of hydrogen-bond acceptors (Lipinski definition) is 5. The number of aromatic nitrogens is 1. The zero-order valence-electron chi connectivity index (χ0n) is 15.2. The van der Waals surface area contributed by atoms with Crippen molar-refractivity contribution in [3.63, 3.8) is 0 Å². The highest BCUT2D eigenvalue weighted by Crippen LogP contribution is 2.29. The Morgan fingerprint density at radius 3 is 2.56 bits per heavy atom. The summed E-state index contributed by atoms with van der Waals surface area (Å²) in [5, 5.41) is 3.25. The topological polar surface area (TPSA) is 82.6 Å². The maximum absolute atomic E-state index is 13.2. The van der Waals surface area contributed by atoms with Crippen LogP contribution in [-0.4, -0.2) is 50.3 Å². The summed E-state index contributed by atoms with van der Waals surface area (Å²) < 4.78 is 27.9. The van der Waals surface area contributed by atoms with Crippen LogP contribution in [0.1, 0.15) is 18.5 Å². The summed E-state index contributed by atoms with van der Waals surface area (Å²) in [6.07, 6.45) is 3.37. The number of piperazine rings is 1. The van der Waals surface area contributed by atoms with E-state index in [9.17, 15) is 13.2 Å². The van der Waals surface area contributed by atoms with Gasteiger partial charge in [-0.3, -0.25) is 9.78 Å². The first-order chi connectivity index (χ1) is 12.4. The molecule has 0 aliphatic carbocycles. The van der Waals surface area contributed by atoms with Crippen molar-refractivity contribution >= 4 is 34.0 Å². The Kier molecular flexibility index (Phi) is 6.94. The fourth-order valence-electron chi connectivity index (χ4n) is 2.99.